The molecular formula is C32H30F3N5O5S. The van der Waals surface area contributed by atoms with Crippen LogP contribution in [0.5, 0.6) is 0 Å². The summed E-state index contributed by atoms with van der Waals surface area (Å²) in [5.41, 5.74) is -1.88. The Morgan fingerprint density at radius 2 is 1.72 bits per heavy atom. The van der Waals surface area contributed by atoms with Gasteiger partial charge in [-0.25, -0.2) is 12.4 Å². The van der Waals surface area contributed by atoms with E-state index in [-0.39, 0.29) is 29.5 Å². The maximum absolute atomic E-state index is 14.8. The van der Waals surface area contributed by atoms with E-state index in [1.165, 1.54) is 18.2 Å². The van der Waals surface area contributed by atoms with Crippen LogP contribution in [0.25, 0.3) is 16.6 Å². The van der Waals surface area contributed by atoms with Gasteiger partial charge in [-0.1, -0.05) is 36.8 Å². The fourth-order valence-corrected chi connectivity index (χ4v) is 8.35. The molecule has 2 fully saturated rings. The number of nitrogens with zero attached hydrogens (tertiary/aromatic N) is 5. The third-order valence-electron chi connectivity index (χ3n) is 8.89. The van der Waals surface area contributed by atoms with Gasteiger partial charge in [0, 0.05) is 24.3 Å². The highest BCUT2D eigenvalue weighted by Crippen LogP contribution is 2.51. The lowest BCUT2D eigenvalue weighted by Crippen LogP contribution is -2.43. The standard InChI is InChI=1S/C32H30F3N5O5S/c1-19-7-9-23(10-8-19)46(42,43)40-26(29-44-11-12-45-29)14-24-25(32(33,34)35)17-39(28(41)27(24)40)22-6-4-5-21(13-22)31(15-20(2)16-31)30-37-36-18-38(30)3/h4-10,13-14,17-18,20,29H,11-12,15-16H2,1-3H3. The number of fused-ring (bicyclic) bond motifs is 1. The predicted octanol–water partition coefficient (Wildman–Crippen LogP) is 5.25. The van der Waals surface area contributed by atoms with Gasteiger partial charge in [0.25, 0.3) is 15.6 Å². The van der Waals surface area contributed by atoms with Crippen molar-refractivity contribution in [1.82, 2.24) is 23.3 Å². The third-order valence-corrected chi connectivity index (χ3v) is 10.6. The van der Waals surface area contributed by atoms with Crippen LogP contribution >= 0.6 is 0 Å². The zero-order valence-corrected chi connectivity index (χ0v) is 26.0. The fraction of sp³-hybridized carbons (Fsp3) is 0.344. The minimum absolute atomic E-state index is 0.103. The second kappa shape index (κ2) is 10.6. The van der Waals surface area contributed by atoms with Crippen molar-refractivity contribution in [3.05, 3.63) is 106 Å². The van der Waals surface area contributed by atoms with Crippen molar-refractivity contribution in [3.63, 3.8) is 0 Å². The molecule has 46 heavy (non-hydrogen) atoms. The molecule has 0 spiro atoms. The molecule has 1 aliphatic heterocycles. The van der Waals surface area contributed by atoms with Crippen LogP contribution in [-0.2, 0) is 38.1 Å². The van der Waals surface area contributed by atoms with Crippen molar-refractivity contribution in [1.29, 1.82) is 0 Å². The van der Waals surface area contributed by atoms with Gasteiger partial charge >= 0.3 is 6.18 Å². The van der Waals surface area contributed by atoms with Gasteiger partial charge in [0.05, 0.1) is 34.8 Å². The van der Waals surface area contributed by atoms with Crippen molar-refractivity contribution < 1.29 is 31.1 Å². The lowest BCUT2D eigenvalue weighted by Gasteiger charge is -2.46. The van der Waals surface area contributed by atoms with Gasteiger partial charge in [0.1, 0.15) is 17.7 Å². The summed E-state index contributed by atoms with van der Waals surface area (Å²) in [5, 5.41) is 7.81. The molecule has 0 N–H and O–H groups in total. The van der Waals surface area contributed by atoms with Crippen LogP contribution in [0.3, 0.4) is 0 Å². The maximum atomic E-state index is 14.8. The van der Waals surface area contributed by atoms with Crippen LogP contribution in [0.1, 0.15) is 54.3 Å². The zero-order valence-electron chi connectivity index (χ0n) is 25.2. The van der Waals surface area contributed by atoms with E-state index in [1.807, 2.05) is 17.7 Å². The number of hydrogen-bond acceptors (Lipinski definition) is 7. The van der Waals surface area contributed by atoms with E-state index in [4.69, 9.17) is 9.47 Å². The third kappa shape index (κ3) is 4.69. The van der Waals surface area contributed by atoms with E-state index in [0.717, 1.165) is 40.8 Å². The van der Waals surface area contributed by atoms with Gasteiger partial charge in [-0.2, -0.15) is 13.2 Å². The lowest BCUT2D eigenvalue weighted by atomic mass is 9.58. The normalized spacial score (nSPS) is 20.8. The molecule has 1 aliphatic carbocycles. The van der Waals surface area contributed by atoms with Gasteiger partial charge in [-0.15, -0.1) is 10.2 Å². The molecule has 5 aromatic rings. The number of benzene rings is 2. The first kappa shape index (κ1) is 30.4. The monoisotopic (exact) mass is 653 g/mol. The Balaban J connectivity index is 1.51. The number of alkyl halides is 3. The first-order chi connectivity index (χ1) is 21.8. The molecule has 240 valence electrons. The Hall–Kier alpha value is -4.27. The smallest absolute Gasteiger partial charge is 0.345 e. The van der Waals surface area contributed by atoms with E-state index in [9.17, 15) is 26.4 Å². The number of rotatable bonds is 6. The van der Waals surface area contributed by atoms with Crippen molar-refractivity contribution in [2.75, 3.05) is 13.2 Å². The van der Waals surface area contributed by atoms with Crippen LogP contribution in [-0.4, -0.2) is 44.9 Å². The van der Waals surface area contributed by atoms with Gasteiger partial charge in [0.2, 0.25) is 0 Å². The topological polar surface area (TPSA) is 110 Å². The second-order valence-electron chi connectivity index (χ2n) is 12.1. The highest BCUT2D eigenvalue weighted by molar-refractivity contribution is 7.90. The number of aryl methyl sites for hydroxylation is 2. The molecule has 10 nitrogen and oxygen atoms in total. The Bertz CT molecular complexity index is 2140. The summed E-state index contributed by atoms with van der Waals surface area (Å²) in [6.45, 7) is 4.08. The first-order valence-electron chi connectivity index (χ1n) is 14.7. The summed E-state index contributed by atoms with van der Waals surface area (Å²) in [4.78, 5) is 14.2. The van der Waals surface area contributed by atoms with E-state index >= 15 is 0 Å². The van der Waals surface area contributed by atoms with Gasteiger partial charge < -0.3 is 14.0 Å². The Morgan fingerprint density at radius 1 is 1.02 bits per heavy atom. The number of halogens is 3. The van der Waals surface area contributed by atoms with E-state index < -0.39 is 49.9 Å². The van der Waals surface area contributed by atoms with Gasteiger partial charge in [0.15, 0.2) is 6.29 Å². The SMILES string of the molecule is Cc1ccc(S(=O)(=O)n2c(C3OCCO3)cc3c(C(F)(F)F)cn(-c4cccc(C5(c6nncn6C)CC(C)C5)c4)c(=O)c32)cc1. The second-order valence-corrected chi connectivity index (χ2v) is 13.9. The van der Waals surface area contributed by atoms with Crippen molar-refractivity contribution in [3.8, 4) is 5.69 Å². The zero-order chi connectivity index (χ0) is 32.6. The van der Waals surface area contributed by atoms with E-state index in [0.29, 0.717) is 15.7 Å². The molecule has 1 saturated carbocycles. The molecule has 0 amide bonds. The minimum Gasteiger partial charge on any atom is -0.345 e. The van der Waals surface area contributed by atoms with E-state index in [1.54, 1.807) is 37.5 Å². The first-order valence-corrected chi connectivity index (χ1v) is 16.1. The molecular weight excluding hydrogens is 623 g/mol. The quantitative estimate of drug-likeness (QED) is 0.246. The van der Waals surface area contributed by atoms with Gasteiger partial charge in [-0.3, -0.25) is 9.36 Å². The van der Waals surface area contributed by atoms with Crippen LogP contribution in [0.15, 0.2) is 76.8 Å². The molecule has 2 aliphatic rings. The summed E-state index contributed by atoms with van der Waals surface area (Å²) in [6.07, 6.45) is -2.46. The summed E-state index contributed by atoms with van der Waals surface area (Å²) < 4.78 is 87.2. The molecule has 3 aromatic heterocycles. The highest BCUT2D eigenvalue weighted by atomic mass is 32.2. The summed E-state index contributed by atoms with van der Waals surface area (Å²) in [5.74, 6) is 1.07. The molecule has 14 heteroatoms. The average molecular weight is 654 g/mol. The number of pyridine rings is 1. The largest absolute Gasteiger partial charge is 0.418 e. The predicted molar refractivity (Wildman–Crippen MR) is 161 cm³/mol. The van der Waals surface area contributed by atoms with Crippen LogP contribution in [0.4, 0.5) is 13.2 Å². The van der Waals surface area contributed by atoms with Crippen molar-refractivity contribution in [2.45, 2.75) is 49.5 Å². The lowest BCUT2D eigenvalue weighted by molar-refractivity contribution is -0.136. The maximum Gasteiger partial charge on any atom is 0.418 e. The molecule has 1 saturated heterocycles. The summed E-state index contributed by atoms with van der Waals surface area (Å²) in [7, 11) is -2.77. The van der Waals surface area contributed by atoms with E-state index in [2.05, 4.69) is 17.1 Å². The molecule has 4 heterocycles. The molecule has 7 rings (SSSR count). The van der Waals surface area contributed by atoms with Crippen LogP contribution in [0, 0.1) is 12.8 Å². The highest BCUT2D eigenvalue weighted by Gasteiger charge is 2.48. The van der Waals surface area contributed by atoms with Crippen molar-refractivity contribution in [2.24, 2.45) is 13.0 Å². The Kier molecular flexibility index (Phi) is 7.03. The summed E-state index contributed by atoms with van der Waals surface area (Å²) in [6, 6.07) is 13.6. The molecule has 0 atom stereocenters. The molecule has 0 bridgehead atoms. The molecule has 0 radical (unpaired) electrons. The van der Waals surface area contributed by atoms with Crippen LogP contribution in [0.2, 0.25) is 0 Å². The van der Waals surface area contributed by atoms with Crippen molar-refractivity contribution >= 4 is 20.9 Å². The fourth-order valence-electron chi connectivity index (χ4n) is 6.82. The number of aromatic nitrogens is 5. The Labute approximate surface area is 262 Å². The number of ether oxygens (including phenoxy) is 2. The van der Waals surface area contributed by atoms with Gasteiger partial charge in [-0.05, 0) is 61.6 Å². The Morgan fingerprint density at radius 3 is 2.33 bits per heavy atom. The van der Waals surface area contributed by atoms with Crippen LogP contribution < -0.4 is 5.56 Å². The number of hydrogen-bond donors (Lipinski definition) is 0. The average Bonchev–Trinajstić information content (AvgIpc) is 3.76. The molecule has 0 unspecified atom stereocenters. The molecule has 2 aromatic carbocycles. The minimum atomic E-state index is -4.94. The summed E-state index contributed by atoms with van der Waals surface area (Å²) >= 11 is 0.